The molecule has 1 aliphatic rings. The molecule has 2 heteroatoms. The fraction of sp³-hybridized carbons (Fsp3) is 0.455. The fourth-order valence-electron chi connectivity index (χ4n) is 4.34. The summed E-state index contributed by atoms with van der Waals surface area (Å²) in [4.78, 5) is 0. The maximum absolute atomic E-state index is 9.66. The van der Waals surface area contributed by atoms with Crippen LogP contribution in [0.2, 0.25) is 0 Å². The van der Waals surface area contributed by atoms with E-state index in [-0.39, 0.29) is 5.41 Å². The Labute approximate surface area is 145 Å². The van der Waals surface area contributed by atoms with Gasteiger partial charge in [-0.1, -0.05) is 44.5 Å². The minimum atomic E-state index is -0.00857. The third-order valence-corrected chi connectivity index (χ3v) is 6.17. The number of aromatic hydroxyl groups is 2. The topological polar surface area (TPSA) is 40.5 Å². The molecule has 2 N–H and O–H groups in total. The molecule has 0 amide bonds. The highest BCUT2D eigenvalue weighted by Crippen LogP contribution is 2.48. The SMILES string of the molecule is CCC(C)C1CCC(c2ccc(O)cc2)(c2ccc(O)cc2)CC1. The Morgan fingerprint density at radius 1 is 0.875 bits per heavy atom. The molecule has 1 saturated carbocycles. The lowest BCUT2D eigenvalue weighted by Crippen LogP contribution is -2.34. The van der Waals surface area contributed by atoms with E-state index in [2.05, 4.69) is 38.1 Å². The van der Waals surface area contributed by atoms with Gasteiger partial charge < -0.3 is 10.2 Å². The van der Waals surface area contributed by atoms with Crippen LogP contribution in [0.5, 0.6) is 11.5 Å². The van der Waals surface area contributed by atoms with E-state index in [1.54, 1.807) is 24.3 Å². The van der Waals surface area contributed by atoms with Gasteiger partial charge in [0.2, 0.25) is 0 Å². The Morgan fingerprint density at radius 3 is 1.67 bits per heavy atom. The molecule has 1 unspecified atom stereocenters. The molecule has 128 valence electrons. The maximum atomic E-state index is 9.66. The Bertz CT molecular complexity index is 602. The van der Waals surface area contributed by atoms with Crippen molar-refractivity contribution in [3.05, 3.63) is 59.7 Å². The fourth-order valence-corrected chi connectivity index (χ4v) is 4.34. The Hall–Kier alpha value is -1.96. The molecular formula is C22H28O2. The second kappa shape index (κ2) is 6.88. The lowest BCUT2D eigenvalue weighted by Gasteiger charge is -2.43. The number of phenolic OH excluding ortho intramolecular Hbond substituents is 2. The first-order valence-corrected chi connectivity index (χ1v) is 9.14. The van der Waals surface area contributed by atoms with Crippen LogP contribution in [0.4, 0.5) is 0 Å². The first-order chi connectivity index (χ1) is 11.5. The minimum absolute atomic E-state index is 0.00857. The number of hydrogen-bond donors (Lipinski definition) is 2. The predicted octanol–water partition coefficient (Wildman–Crippen LogP) is 5.62. The van der Waals surface area contributed by atoms with Gasteiger partial charge in [-0.3, -0.25) is 0 Å². The van der Waals surface area contributed by atoms with Crippen LogP contribution < -0.4 is 0 Å². The molecule has 1 fully saturated rings. The van der Waals surface area contributed by atoms with E-state index in [1.165, 1.54) is 30.4 Å². The molecule has 2 aromatic rings. The first kappa shape index (κ1) is 16.9. The average molecular weight is 324 g/mol. The predicted molar refractivity (Wildman–Crippen MR) is 98.4 cm³/mol. The van der Waals surface area contributed by atoms with Crippen molar-refractivity contribution in [2.24, 2.45) is 11.8 Å². The van der Waals surface area contributed by atoms with E-state index < -0.39 is 0 Å². The summed E-state index contributed by atoms with van der Waals surface area (Å²) in [6, 6.07) is 15.4. The van der Waals surface area contributed by atoms with Crippen molar-refractivity contribution >= 4 is 0 Å². The molecule has 1 aliphatic carbocycles. The number of hydrogen-bond acceptors (Lipinski definition) is 2. The highest BCUT2D eigenvalue weighted by Gasteiger charge is 2.39. The normalized spacial score (nSPS) is 19.1. The van der Waals surface area contributed by atoms with Crippen LogP contribution in [0.25, 0.3) is 0 Å². The molecule has 2 nitrogen and oxygen atoms in total. The molecule has 0 radical (unpaired) electrons. The largest absolute Gasteiger partial charge is 0.508 e. The van der Waals surface area contributed by atoms with Crippen LogP contribution in [0.3, 0.4) is 0 Å². The molecule has 0 bridgehead atoms. The van der Waals surface area contributed by atoms with Crippen molar-refractivity contribution in [3.63, 3.8) is 0 Å². The standard InChI is InChI=1S/C22H28O2/c1-3-16(2)17-12-14-22(15-13-17,18-4-8-20(23)9-5-18)19-6-10-21(24)11-7-19/h4-11,16-17,23-24H,3,12-15H2,1-2H3. The summed E-state index contributed by atoms with van der Waals surface area (Å²) in [6.45, 7) is 4.66. The van der Waals surface area contributed by atoms with Gasteiger partial charge in [0.05, 0.1) is 0 Å². The summed E-state index contributed by atoms with van der Waals surface area (Å²) in [5.74, 6) is 2.21. The van der Waals surface area contributed by atoms with Crippen LogP contribution in [0.15, 0.2) is 48.5 Å². The van der Waals surface area contributed by atoms with E-state index in [0.717, 1.165) is 24.7 Å². The molecular weight excluding hydrogens is 296 g/mol. The zero-order valence-electron chi connectivity index (χ0n) is 14.7. The minimum Gasteiger partial charge on any atom is -0.508 e. The molecule has 0 aromatic heterocycles. The van der Waals surface area contributed by atoms with Gasteiger partial charge >= 0.3 is 0 Å². The van der Waals surface area contributed by atoms with Crippen molar-refractivity contribution in [2.75, 3.05) is 0 Å². The van der Waals surface area contributed by atoms with Gasteiger partial charge in [-0.05, 0) is 72.9 Å². The average Bonchev–Trinajstić information content (AvgIpc) is 2.62. The molecule has 24 heavy (non-hydrogen) atoms. The molecule has 0 saturated heterocycles. The summed E-state index contributed by atoms with van der Waals surface area (Å²) in [5.41, 5.74) is 2.54. The zero-order valence-corrected chi connectivity index (χ0v) is 14.7. The summed E-state index contributed by atoms with van der Waals surface area (Å²) < 4.78 is 0. The Balaban J connectivity index is 1.96. The summed E-state index contributed by atoms with van der Waals surface area (Å²) >= 11 is 0. The van der Waals surface area contributed by atoms with Gasteiger partial charge in [0.1, 0.15) is 11.5 Å². The molecule has 0 heterocycles. The van der Waals surface area contributed by atoms with Gasteiger partial charge in [-0.2, -0.15) is 0 Å². The van der Waals surface area contributed by atoms with Crippen LogP contribution in [0.1, 0.15) is 57.1 Å². The molecule has 0 aliphatic heterocycles. The van der Waals surface area contributed by atoms with Gasteiger partial charge in [-0.15, -0.1) is 0 Å². The number of phenols is 2. The summed E-state index contributed by atoms with van der Waals surface area (Å²) in [6.07, 6.45) is 5.96. The van der Waals surface area contributed by atoms with Crippen LogP contribution in [-0.4, -0.2) is 10.2 Å². The van der Waals surface area contributed by atoms with Crippen LogP contribution >= 0.6 is 0 Å². The quantitative estimate of drug-likeness (QED) is 0.766. The second-order valence-electron chi connectivity index (χ2n) is 7.40. The van der Waals surface area contributed by atoms with E-state index in [4.69, 9.17) is 0 Å². The smallest absolute Gasteiger partial charge is 0.115 e. The van der Waals surface area contributed by atoms with Crippen molar-refractivity contribution in [3.8, 4) is 11.5 Å². The van der Waals surface area contributed by atoms with E-state index in [9.17, 15) is 10.2 Å². The first-order valence-electron chi connectivity index (χ1n) is 9.14. The monoisotopic (exact) mass is 324 g/mol. The number of benzene rings is 2. The van der Waals surface area contributed by atoms with Gasteiger partial charge in [0, 0.05) is 5.41 Å². The highest BCUT2D eigenvalue weighted by molar-refractivity contribution is 5.43. The Kier molecular flexibility index (Phi) is 4.84. The zero-order chi connectivity index (χ0) is 17.2. The van der Waals surface area contributed by atoms with Crippen molar-refractivity contribution in [1.29, 1.82) is 0 Å². The van der Waals surface area contributed by atoms with Gasteiger partial charge in [0.25, 0.3) is 0 Å². The van der Waals surface area contributed by atoms with Crippen molar-refractivity contribution < 1.29 is 10.2 Å². The Morgan fingerprint density at radius 2 is 1.29 bits per heavy atom. The van der Waals surface area contributed by atoms with E-state index >= 15 is 0 Å². The molecule has 2 aromatic carbocycles. The lowest BCUT2D eigenvalue weighted by molar-refractivity contribution is 0.204. The summed E-state index contributed by atoms with van der Waals surface area (Å²) in [5, 5.41) is 19.3. The van der Waals surface area contributed by atoms with Crippen molar-refractivity contribution in [2.45, 2.75) is 51.4 Å². The van der Waals surface area contributed by atoms with Crippen LogP contribution in [-0.2, 0) is 5.41 Å². The van der Waals surface area contributed by atoms with E-state index in [0.29, 0.717) is 11.5 Å². The second-order valence-corrected chi connectivity index (χ2v) is 7.40. The highest BCUT2D eigenvalue weighted by atomic mass is 16.3. The third-order valence-electron chi connectivity index (χ3n) is 6.17. The molecule has 3 rings (SSSR count). The third kappa shape index (κ3) is 3.15. The lowest BCUT2D eigenvalue weighted by atomic mass is 9.61. The maximum Gasteiger partial charge on any atom is 0.115 e. The summed E-state index contributed by atoms with van der Waals surface area (Å²) in [7, 11) is 0. The van der Waals surface area contributed by atoms with Gasteiger partial charge in [-0.25, -0.2) is 0 Å². The van der Waals surface area contributed by atoms with Crippen molar-refractivity contribution in [1.82, 2.24) is 0 Å². The number of rotatable bonds is 4. The molecule has 1 atom stereocenters. The van der Waals surface area contributed by atoms with Crippen LogP contribution in [0, 0.1) is 11.8 Å². The van der Waals surface area contributed by atoms with E-state index in [1.807, 2.05) is 0 Å². The van der Waals surface area contributed by atoms with Gasteiger partial charge in [0.15, 0.2) is 0 Å². The molecule has 0 spiro atoms.